The van der Waals surface area contributed by atoms with E-state index in [2.05, 4.69) is 38.1 Å². The van der Waals surface area contributed by atoms with E-state index in [1.165, 1.54) is 29.5 Å². The fourth-order valence-corrected chi connectivity index (χ4v) is 3.64. The van der Waals surface area contributed by atoms with Crippen molar-refractivity contribution in [2.75, 3.05) is 4.90 Å². The Morgan fingerprint density at radius 1 is 1.32 bits per heavy atom. The molecular formula is C17H19NO. The van der Waals surface area contributed by atoms with Crippen molar-refractivity contribution in [3.63, 3.8) is 0 Å². The molecule has 0 N–H and O–H groups in total. The van der Waals surface area contributed by atoms with Crippen molar-refractivity contribution >= 4 is 17.2 Å². The van der Waals surface area contributed by atoms with Gasteiger partial charge in [-0.05, 0) is 56.7 Å². The maximum absolute atomic E-state index is 12.3. The smallest absolute Gasteiger partial charge is 0.227 e. The maximum atomic E-state index is 12.3. The van der Waals surface area contributed by atoms with E-state index >= 15 is 0 Å². The SMILES string of the molecule is Cc1ccc2c(c1)C(C1CC1)=CC1(C)CCC(=O)N21. The third-order valence-electron chi connectivity index (χ3n) is 4.79. The minimum Gasteiger partial charge on any atom is -0.302 e. The summed E-state index contributed by atoms with van der Waals surface area (Å²) in [6.45, 7) is 4.34. The molecule has 1 atom stereocenters. The van der Waals surface area contributed by atoms with Crippen molar-refractivity contribution in [1.82, 2.24) is 0 Å². The van der Waals surface area contributed by atoms with Gasteiger partial charge in [0.25, 0.3) is 0 Å². The number of rotatable bonds is 1. The first-order valence-corrected chi connectivity index (χ1v) is 7.25. The van der Waals surface area contributed by atoms with Gasteiger partial charge >= 0.3 is 0 Å². The lowest BCUT2D eigenvalue weighted by atomic mass is 9.85. The van der Waals surface area contributed by atoms with E-state index in [-0.39, 0.29) is 11.4 Å². The first-order chi connectivity index (χ1) is 9.08. The molecule has 1 saturated carbocycles. The third-order valence-corrected chi connectivity index (χ3v) is 4.79. The van der Waals surface area contributed by atoms with Crippen molar-refractivity contribution in [1.29, 1.82) is 0 Å². The van der Waals surface area contributed by atoms with Gasteiger partial charge in [0, 0.05) is 12.0 Å². The monoisotopic (exact) mass is 253 g/mol. The van der Waals surface area contributed by atoms with Crippen LogP contribution in [0.4, 0.5) is 5.69 Å². The van der Waals surface area contributed by atoms with E-state index in [4.69, 9.17) is 0 Å². The Labute approximate surface area is 114 Å². The number of fused-ring (bicyclic) bond motifs is 3. The van der Waals surface area contributed by atoms with Gasteiger partial charge in [-0.1, -0.05) is 17.7 Å². The van der Waals surface area contributed by atoms with Gasteiger partial charge < -0.3 is 4.90 Å². The lowest BCUT2D eigenvalue weighted by Gasteiger charge is -2.39. The highest BCUT2D eigenvalue weighted by Crippen LogP contribution is 2.52. The van der Waals surface area contributed by atoms with Gasteiger partial charge in [-0.15, -0.1) is 0 Å². The highest BCUT2D eigenvalue weighted by molar-refractivity contribution is 6.03. The lowest BCUT2D eigenvalue weighted by Crippen LogP contribution is -2.44. The highest BCUT2D eigenvalue weighted by atomic mass is 16.2. The van der Waals surface area contributed by atoms with Crippen molar-refractivity contribution in [2.45, 2.75) is 45.1 Å². The predicted octanol–water partition coefficient (Wildman–Crippen LogP) is 3.69. The summed E-state index contributed by atoms with van der Waals surface area (Å²) in [6, 6.07) is 6.52. The topological polar surface area (TPSA) is 20.3 Å². The van der Waals surface area contributed by atoms with Crippen LogP contribution < -0.4 is 4.90 Å². The molecule has 98 valence electrons. The first-order valence-electron chi connectivity index (χ1n) is 7.25. The number of anilines is 1. The average molecular weight is 253 g/mol. The molecule has 1 unspecified atom stereocenters. The van der Waals surface area contributed by atoms with Crippen LogP contribution in [0.1, 0.15) is 43.7 Å². The molecular weight excluding hydrogens is 234 g/mol. The minimum atomic E-state index is -0.0860. The zero-order valence-electron chi connectivity index (χ0n) is 11.6. The van der Waals surface area contributed by atoms with Crippen LogP contribution in [0.25, 0.3) is 5.57 Å². The highest BCUT2D eigenvalue weighted by Gasteiger charge is 2.46. The molecule has 4 rings (SSSR count). The molecule has 2 heteroatoms. The summed E-state index contributed by atoms with van der Waals surface area (Å²) < 4.78 is 0. The van der Waals surface area contributed by atoms with Gasteiger partial charge in [0.2, 0.25) is 5.91 Å². The van der Waals surface area contributed by atoms with Crippen molar-refractivity contribution in [3.05, 3.63) is 35.4 Å². The number of nitrogens with zero attached hydrogens (tertiary/aromatic N) is 1. The maximum Gasteiger partial charge on any atom is 0.227 e. The molecule has 1 amide bonds. The molecule has 2 nitrogen and oxygen atoms in total. The van der Waals surface area contributed by atoms with Crippen LogP contribution in [-0.4, -0.2) is 11.4 Å². The Bertz CT molecular complexity index is 612. The number of allylic oxidation sites excluding steroid dienone is 1. The molecule has 1 saturated heterocycles. The standard InChI is InChI=1S/C17H19NO/c1-11-3-6-15-13(9-11)14(12-4-5-12)10-17(2)8-7-16(19)18(15)17/h3,6,9-10,12H,4-5,7-8H2,1-2H3. The largest absolute Gasteiger partial charge is 0.302 e. The Morgan fingerprint density at radius 2 is 2.11 bits per heavy atom. The summed E-state index contributed by atoms with van der Waals surface area (Å²) in [5.74, 6) is 1.01. The lowest BCUT2D eigenvalue weighted by molar-refractivity contribution is -0.117. The second-order valence-electron chi connectivity index (χ2n) is 6.48. The summed E-state index contributed by atoms with van der Waals surface area (Å²) in [6.07, 6.45) is 6.64. The average Bonchev–Trinajstić information content (AvgIpc) is 3.16. The summed E-state index contributed by atoms with van der Waals surface area (Å²) in [5, 5.41) is 0. The fourth-order valence-electron chi connectivity index (χ4n) is 3.64. The molecule has 1 aromatic rings. The van der Waals surface area contributed by atoms with Crippen LogP contribution in [0.2, 0.25) is 0 Å². The van der Waals surface area contributed by atoms with Crippen LogP contribution in [0.15, 0.2) is 24.3 Å². The molecule has 0 spiro atoms. The second kappa shape index (κ2) is 3.50. The quantitative estimate of drug-likeness (QED) is 0.747. The van der Waals surface area contributed by atoms with E-state index in [1.54, 1.807) is 0 Å². The van der Waals surface area contributed by atoms with Crippen LogP contribution >= 0.6 is 0 Å². The summed E-state index contributed by atoms with van der Waals surface area (Å²) in [7, 11) is 0. The molecule has 1 aromatic carbocycles. The minimum absolute atomic E-state index is 0.0860. The molecule has 0 aromatic heterocycles. The molecule has 2 heterocycles. The van der Waals surface area contributed by atoms with Crippen LogP contribution in [0, 0.1) is 12.8 Å². The Kier molecular flexibility index (Phi) is 2.08. The number of hydrogen-bond donors (Lipinski definition) is 0. The Hall–Kier alpha value is -1.57. The summed E-state index contributed by atoms with van der Waals surface area (Å²) >= 11 is 0. The molecule has 2 fully saturated rings. The number of carbonyl (C=O) groups excluding carboxylic acids is 1. The van der Waals surface area contributed by atoms with E-state index in [1.807, 2.05) is 4.90 Å². The zero-order valence-corrected chi connectivity index (χ0v) is 11.6. The normalized spacial score (nSPS) is 29.1. The number of amides is 1. The van der Waals surface area contributed by atoms with Crippen molar-refractivity contribution < 1.29 is 4.79 Å². The third kappa shape index (κ3) is 1.52. The number of carbonyl (C=O) groups is 1. The Balaban J connectivity index is 1.96. The zero-order chi connectivity index (χ0) is 13.2. The predicted molar refractivity (Wildman–Crippen MR) is 77.0 cm³/mol. The Morgan fingerprint density at radius 3 is 2.84 bits per heavy atom. The number of benzene rings is 1. The van der Waals surface area contributed by atoms with E-state index in [0.29, 0.717) is 6.42 Å². The van der Waals surface area contributed by atoms with Gasteiger partial charge in [-0.25, -0.2) is 0 Å². The fraction of sp³-hybridized carbons (Fsp3) is 0.471. The molecule has 2 aliphatic heterocycles. The van der Waals surface area contributed by atoms with Crippen molar-refractivity contribution in [2.24, 2.45) is 5.92 Å². The van der Waals surface area contributed by atoms with E-state index in [0.717, 1.165) is 18.0 Å². The molecule has 0 bridgehead atoms. The van der Waals surface area contributed by atoms with Gasteiger partial charge in [-0.3, -0.25) is 4.79 Å². The number of aryl methyl sites for hydroxylation is 1. The summed E-state index contributed by atoms with van der Waals surface area (Å²) in [5.41, 5.74) is 5.12. The first kappa shape index (κ1) is 11.3. The molecule has 19 heavy (non-hydrogen) atoms. The van der Waals surface area contributed by atoms with E-state index in [9.17, 15) is 4.79 Å². The van der Waals surface area contributed by atoms with Crippen LogP contribution in [0.3, 0.4) is 0 Å². The van der Waals surface area contributed by atoms with Crippen LogP contribution in [0.5, 0.6) is 0 Å². The van der Waals surface area contributed by atoms with Crippen molar-refractivity contribution in [3.8, 4) is 0 Å². The van der Waals surface area contributed by atoms with Gasteiger partial charge in [0.1, 0.15) is 0 Å². The molecule has 1 aliphatic carbocycles. The molecule has 3 aliphatic rings. The summed E-state index contributed by atoms with van der Waals surface area (Å²) in [4.78, 5) is 14.3. The number of hydrogen-bond acceptors (Lipinski definition) is 1. The van der Waals surface area contributed by atoms with Gasteiger partial charge in [0.15, 0.2) is 0 Å². The van der Waals surface area contributed by atoms with E-state index < -0.39 is 0 Å². The van der Waals surface area contributed by atoms with Gasteiger partial charge in [0.05, 0.1) is 11.2 Å². The molecule has 0 radical (unpaired) electrons. The van der Waals surface area contributed by atoms with Gasteiger partial charge in [-0.2, -0.15) is 0 Å². The second-order valence-corrected chi connectivity index (χ2v) is 6.48. The van der Waals surface area contributed by atoms with Crippen LogP contribution in [-0.2, 0) is 4.79 Å².